The predicted octanol–water partition coefficient (Wildman–Crippen LogP) is -6.20. The highest BCUT2D eigenvalue weighted by Crippen LogP contribution is 2.36. The Morgan fingerprint density at radius 1 is 0.943 bits per heavy atom. The molecule has 2 aromatic heterocycles. The molecule has 4 heterocycles. The summed E-state index contributed by atoms with van der Waals surface area (Å²) in [5.41, 5.74) is -4.33. The highest BCUT2D eigenvalue weighted by Gasteiger charge is 2.59. The first-order chi connectivity index (χ1) is 16.5. The third-order valence-corrected chi connectivity index (χ3v) is 5.72. The van der Waals surface area contributed by atoms with Crippen LogP contribution in [0.3, 0.4) is 0 Å². The van der Waals surface area contributed by atoms with Crippen LogP contribution in [-0.4, -0.2) is 99.6 Å². The van der Waals surface area contributed by atoms with Gasteiger partial charge in [-0.05, 0) is 0 Å². The van der Waals surface area contributed by atoms with E-state index >= 15 is 0 Å². The van der Waals surface area contributed by atoms with Gasteiger partial charge in [-0.2, -0.15) is 0 Å². The molecule has 2 saturated heterocycles. The van der Waals surface area contributed by atoms with E-state index in [1.54, 1.807) is 0 Å². The van der Waals surface area contributed by atoms with Crippen LogP contribution in [0.1, 0.15) is 6.23 Å². The van der Waals surface area contributed by atoms with Crippen LogP contribution in [0, 0.1) is 0 Å². The Hall–Kier alpha value is -3.16. The number of H-pyrrole nitrogens is 2. The van der Waals surface area contributed by atoms with Gasteiger partial charge in [-0.1, -0.05) is 0 Å². The van der Waals surface area contributed by atoms with Crippen molar-refractivity contribution in [2.45, 2.75) is 48.8 Å². The van der Waals surface area contributed by atoms with Gasteiger partial charge in [-0.15, -0.1) is 0 Å². The van der Waals surface area contributed by atoms with Crippen LogP contribution < -0.4 is 27.2 Å². The van der Waals surface area contributed by atoms with E-state index in [1.165, 1.54) is 0 Å². The first-order valence-corrected chi connectivity index (χ1v) is 10.2. The maximum atomic E-state index is 12.5. The lowest BCUT2D eigenvalue weighted by Gasteiger charge is -2.33. The fourth-order valence-corrected chi connectivity index (χ4v) is 3.91. The standard InChI is InChI=1S/C18H22N4O13/c23-4-7-10(26)12(28)15(33-7)21-3-6(14(30)20-16(21)31)34-18(13(29)11(27)8(5-24)35-18)22-2-1-9(25)19-17(22)32/h1-3,7-8,10-13,15,23-24,26-29H,4-5H2,(H,19,25,32)(H,20,30,31)/t7-,8-,10-,11-,12-,13-,15-,18-/m1/s1. The van der Waals surface area contributed by atoms with Crippen LogP contribution in [-0.2, 0) is 15.4 Å². The van der Waals surface area contributed by atoms with Crippen molar-refractivity contribution in [3.8, 4) is 5.75 Å². The van der Waals surface area contributed by atoms with Gasteiger partial charge in [0.05, 0.1) is 19.4 Å². The number of aliphatic hydroxyl groups excluding tert-OH is 6. The van der Waals surface area contributed by atoms with Gasteiger partial charge in [-0.3, -0.25) is 24.1 Å². The molecule has 8 atom stereocenters. The molecule has 0 amide bonds. The third kappa shape index (κ3) is 4.02. The molecule has 17 heteroatoms. The summed E-state index contributed by atoms with van der Waals surface area (Å²) in [5, 5.41) is 60.0. The van der Waals surface area contributed by atoms with E-state index in [2.05, 4.69) is 0 Å². The van der Waals surface area contributed by atoms with E-state index in [9.17, 15) is 49.8 Å². The lowest BCUT2D eigenvalue weighted by molar-refractivity contribution is -0.273. The molecule has 2 aliphatic rings. The number of nitrogens with zero attached hydrogens (tertiary/aromatic N) is 2. The molecule has 4 rings (SSSR count). The van der Waals surface area contributed by atoms with Crippen LogP contribution in [0.15, 0.2) is 37.6 Å². The highest BCUT2D eigenvalue weighted by molar-refractivity contribution is 5.15. The summed E-state index contributed by atoms with van der Waals surface area (Å²) in [6, 6.07) is 0.853. The zero-order valence-electron chi connectivity index (χ0n) is 17.6. The van der Waals surface area contributed by atoms with E-state index in [0.29, 0.717) is 15.3 Å². The van der Waals surface area contributed by atoms with Crippen molar-refractivity contribution in [2.24, 2.45) is 0 Å². The monoisotopic (exact) mass is 502 g/mol. The smallest absolute Gasteiger partial charge is 0.333 e. The summed E-state index contributed by atoms with van der Waals surface area (Å²) in [7, 11) is 0. The molecule has 2 aliphatic heterocycles. The number of hydrogen-bond acceptors (Lipinski definition) is 13. The number of ether oxygens (including phenoxy) is 3. The van der Waals surface area contributed by atoms with Crippen molar-refractivity contribution in [2.75, 3.05) is 13.2 Å². The molecular weight excluding hydrogens is 480 g/mol. The van der Waals surface area contributed by atoms with Gasteiger partial charge in [0, 0.05) is 12.3 Å². The first-order valence-electron chi connectivity index (χ1n) is 10.2. The van der Waals surface area contributed by atoms with Crippen molar-refractivity contribution in [3.05, 3.63) is 60.1 Å². The van der Waals surface area contributed by atoms with Crippen LogP contribution in [0.4, 0.5) is 0 Å². The molecule has 35 heavy (non-hydrogen) atoms. The Morgan fingerprint density at radius 2 is 1.63 bits per heavy atom. The van der Waals surface area contributed by atoms with Crippen LogP contribution in [0.2, 0.25) is 0 Å². The Kier molecular flexibility index (Phi) is 6.51. The molecule has 0 aromatic carbocycles. The number of aromatic amines is 2. The quantitative estimate of drug-likeness (QED) is 0.183. The summed E-state index contributed by atoms with van der Waals surface area (Å²) >= 11 is 0. The molecule has 0 bridgehead atoms. The number of nitrogens with one attached hydrogen (secondary N) is 2. The van der Waals surface area contributed by atoms with Crippen molar-refractivity contribution in [1.29, 1.82) is 0 Å². The van der Waals surface area contributed by atoms with Crippen molar-refractivity contribution in [3.63, 3.8) is 0 Å². The van der Waals surface area contributed by atoms with E-state index < -0.39 is 90.2 Å². The summed E-state index contributed by atoms with van der Waals surface area (Å²) in [6.45, 7) is -1.55. The van der Waals surface area contributed by atoms with Crippen molar-refractivity contribution < 1.29 is 44.8 Å². The van der Waals surface area contributed by atoms with Gasteiger partial charge < -0.3 is 44.8 Å². The molecule has 17 nitrogen and oxygen atoms in total. The minimum Gasteiger partial charge on any atom is -0.434 e. The minimum absolute atomic E-state index is 0.513. The molecule has 0 unspecified atom stereocenters. The molecule has 0 aliphatic carbocycles. The Labute approximate surface area is 192 Å². The molecule has 2 fully saturated rings. The van der Waals surface area contributed by atoms with Gasteiger partial charge in [0.25, 0.3) is 11.1 Å². The van der Waals surface area contributed by atoms with Crippen molar-refractivity contribution in [1.82, 2.24) is 19.1 Å². The van der Waals surface area contributed by atoms with E-state index in [1.807, 2.05) is 9.97 Å². The third-order valence-electron chi connectivity index (χ3n) is 5.72. The second-order valence-electron chi connectivity index (χ2n) is 7.88. The molecule has 192 valence electrons. The summed E-state index contributed by atoms with van der Waals surface area (Å²) in [6.07, 6.45) is -10.0. The topological polar surface area (TPSA) is 259 Å². The number of rotatable bonds is 6. The molecule has 8 N–H and O–H groups in total. The first kappa shape index (κ1) is 24.9. The second kappa shape index (κ2) is 9.13. The number of aromatic nitrogens is 4. The Morgan fingerprint density at radius 3 is 2.20 bits per heavy atom. The molecule has 0 saturated carbocycles. The SMILES string of the molecule is O=c1ccn([C@]2(Oc3cn([C@@H]4O[C@H](CO)[C@@H](O)[C@H]4O)c(=O)[nH]c3=O)O[C@H](CO)[C@@H](O)[C@H]2O)c(=O)[nH]1. The fourth-order valence-electron chi connectivity index (χ4n) is 3.91. The average Bonchev–Trinajstić information content (AvgIpc) is 3.23. The summed E-state index contributed by atoms with van der Waals surface area (Å²) < 4.78 is 17.4. The second-order valence-corrected chi connectivity index (χ2v) is 7.88. The lowest BCUT2D eigenvalue weighted by atomic mass is 10.1. The number of aliphatic hydroxyl groups is 6. The summed E-state index contributed by atoms with van der Waals surface area (Å²) in [4.78, 5) is 52.7. The zero-order chi connectivity index (χ0) is 25.7. The molecule has 2 aromatic rings. The molecular formula is C18H22N4O13. The summed E-state index contributed by atoms with van der Waals surface area (Å²) in [5.74, 6) is -3.52. The Balaban J connectivity index is 1.84. The van der Waals surface area contributed by atoms with E-state index in [-0.39, 0.29) is 0 Å². The maximum absolute atomic E-state index is 12.5. The van der Waals surface area contributed by atoms with E-state index in [4.69, 9.17) is 14.2 Å². The van der Waals surface area contributed by atoms with Gasteiger partial charge in [0.2, 0.25) is 5.75 Å². The minimum atomic E-state index is -2.72. The van der Waals surface area contributed by atoms with Crippen LogP contribution in [0.25, 0.3) is 0 Å². The van der Waals surface area contributed by atoms with E-state index in [0.717, 1.165) is 12.3 Å². The van der Waals surface area contributed by atoms with Gasteiger partial charge in [-0.25, -0.2) is 14.2 Å². The molecule has 0 radical (unpaired) electrons. The predicted molar refractivity (Wildman–Crippen MR) is 108 cm³/mol. The van der Waals surface area contributed by atoms with Gasteiger partial charge >= 0.3 is 17.3 Å². The van der Waals surface area contributed by atoms with Gasteiger partial charge in [0.1, 0.15) is 30.5 Å². The normalized spacial score (nSPS) is 34.9. The fraction of sp³-hybridized carbons (Fsp3) is 0.556. The van der Waals surface area contributed by atoms with Crippen LogP contribution >= 0.6 is 0 Å². The maximum Gasteiger partial charge on any atom is 0.333 e. The lowest BCUT2D eigenvalue weighted by Crippen LogP contribution is -2.56. The van der Waals surface area contributed by atoms with Crippen molar-refractivity contribution >= 4 is 0 Å². The average molecular weight is 502 g/mol. The number of hydrogen-bond donors (Lipinski definition) is 8. The zero-order valence-corrected chi connectivity index (χ0v) is 17.6. The van der Waals surface area contributed by atoms with Gasteiger partial charge in [0.15, 0.2) is 12.3 Å². The molecule has 0 spiro atoms. The Bertz CT molecular complexity index is 1320. The largest absolute Gasteiger partial charge is 0.434 e. The highest BCUT2D eigenvalue weighted by atomic mass is 16.8. The van der Waals surface area contributed by atoms with Crippen LogP contribution in [0.5, 0.6) is 5.75 Å².